The van der Waals surface area contributed by atoms with Crippen molar-refractivity contribution in [3.63, 3.8) is 0 Å². The van der Waals surface area contributed by atoms with Crippen molar-refractivity contribution in [2.75, 3.05) is 6.61 Å². The van der Waals surface area contributed by atoms with Gasteiger partial charge in [-0.15, -0.1) is 5.92 Å². The molecule has 0 radical (unpaired) electrons. The molecule has 88 valence electrons. The van der Waals surface area contributed by atoms with Crippen LogP contribution in [0.2, 0.25) is 0 Å². The molecule has 0 aromatic heterocycles. The van der Waals surface area contributed by atoms with E-state index in [9.17, 15) is 4.79 Å². The summed E-state index contributed by atoms with van der Waals surface area (Å²) in [5.41, 5.74) is 0.993. The standard InChI is InChI=1S/C15H16O2/c1-4-9-14(17-5-2)12(3)15(16)13-10-7-6-8-11-13/h6-8,10-11,14H,3,5H2,1-2H3. The van der Waals surface area contributed by atoms with E-state index in [-0.39, 0.29) is 5.78 Å². The van der Waals surface area contributed by atoms with Crippen LogP contribution >= 0.6 is 0 Å². The fourth-order valence-electron chi connectivity index (χ4n) is 1.42. The number of hydrogen-bond donors (Lipinski definition) is 0. The number of rotatable bonds is 5. The van der Waals surface area contributed by atoms with Crippen LogP contribution in [0.5, 0.6) is 0 Å². The average molecular weight is 228 g/mol. The van der Waals surface area contributed by atoms with Gasteiger partial charge in [-0.1, -0.05) is 42.8 Å². The van der Waals surface area contributed by atoms with Gasteiger partial charge in [0.25, 0.3) is 0 Å². The normalized spacial score (nSPS) is 11.2. The Morgan fingerprint density at radius 1 is 1.41 bits per heavy atom. The topological polar surface area (TPSA) is 26.3 Å². The van der Waals surface area contributed by atoms with Crippen LogP contribution in [0.4, 0.5) is 0 Å². The lowest BCUT2D eigenvalue weighted by atomic mass is 10.0. The molecule has 0 saturated carbocycles. The lowest BCUT2D eigenvalue weighted by Crippen LogP contribution is -2.19. The lowest BCUT2D eigenvalue weighted by molar-refractivity contribution is 0.0931. The van der Waals surface area contributed by atoms with E-state index in [1.54, 1.807) is 19.1 Å². The zero-order valence-electron chi connectivity index (χ0n) is 10.2. The molecular weight excluding hydrogens is 212 g/mol. The van der Waals surface area contributed by atoms with Crippen LogP contribution in [0.25, 0.3) is 0 Å². The zero-order chi connectivity index (χ0) is 12.7. The maximum absolute atomic E-state index is 12.1. The quantitative estimate of drug-likeness (QED) is 0.440. The molecular formula is C15H16O2. The minimum Gasteiger partial charge on any atom is -0.361 e. The van der Waals surface area contributed by atoms with Gasteiger partial charge < -0.3 is 4.74 Å². The summed E-state index contributed by atoms with van der Waals surface area (Å²) in [6, 6.07) is 9.03. The Morgan fingerprint density at radius 2 is 2.06 bits per heavy atom. The third-order valence-electron chi connectivity index (χ3n) is 2.25. The molecule has 0 aliphatic carbocycles. The van der Waals surface area contributed by atoms with Crippen LogP contribution in [0.15, 0.2) is 42.5 Å². The maximum Gasteiger partial charge on any atom is 0.192 e. The van der Waals surface area contributed by atoms with E-state index >= 15 is 0 Å². The van der Waals surface area contributed by atoms with Gasteiger partial charge in [-0.25, -0.2) is 0 Å². The van der Waals surface area contributed by atoms with E-state index in [4.69, 9.17) is 4.74 Å². The number of carbonyl (C=O) groups excluding carboxylic acids is 1. The van der Waals surface area contributed by atoms with Gasteiger partial charge >= 0.3 is 0 Å². The highest BCUT2D eigenvalue weighted by molar-refractivity contribution is 6.09. The second-order valence-electron chi connectivity index (χ2n) is 3.45. The average Bonchev–Trinajstić information content (AvgIpc) is 2.38. The Kier molecular flexibility index (Phi) is 5.19. The Morgan fingerprint density at radius 3 is 2.59 bits per heavy atom. The fourth-order valence-corrected chi connectivity index (χ4v) is 1.42. The van der Waals surface area contributed by atoms with Crippen molar-refractivity contribution in [2.45, 2.75) is 20.0 Å². The summed E-state index contributed by atoms with van der Waals surface area (Å²) in [6.07, 6.45) is -0.516. The Bertz CT molecular complexity index is 449. The van der Waals surface area contributed by atoms with Crippen molar-refractivity contribution in [3.8, 4) is 11.8 Å². The number of ether oxygens (including phenoxy) is 1. The van der Waals surface area contributed by atoms with E-state index < -0.39 is 6.10 Å². The highest BCUT2D eigenvalue weighted by Gasteiger charge is 2.18. The van der Waals surface area contributed by atoms with Crippen molar-refractivity contribution < 1.29 is 9.53 Å². The van der Waals surface area contributed by atoms with Gasteiger partial charge in [0.2, 0.25) is 0 Å². The molecule has 0 aliphatic heterocycles. The van der Waals surface area contributed by atoms with E-state index in [0.717, 1.165) is 0 Å². The van der Waals surface area contributed by atoms with Crippen LogP contribution < -0.4 is 0 Å². The molecule has 17 heavy (non-hydrogen) atoms. The number of hydrogen-bond acceptors (Lipinski definition) is 2. The molecule has 0 amide bonds. The first kappa shape index (κ1) is 13.2. The molecule has 1 aromatic rings. The van der Waals surface area contributed by atoms with Crippen LogP contribution in [0.1, 0.15) is 24.2 Å². The monoisotopic (exact) mass is 228 g/mol. The van der Waals surface area contributed by atoms with Gasteiger partial charge in [-0.2, -0.15) is 0 Å². The highest BCUT2D eigenvalue weighted by Crippen LogP contribution is 2.12. The Labute approximate surface area is 102 Å². The summed E-state index contributed by atoms with van der Waals surface area (Å²) in [5, 5.41) is 0. The van der Waals surface area contributed by atoms with Crippen LogP contribution in [-0.2, 0) is 4.74 Å². The highest BCUT2D eigenvalue weighted by atomic mass is 16.5. The molecule has 2 nitrogen and oxygen atoms in total. The summed E-state index contributed by atoms with van der Waals surface area (Å²) < 4.78 is 5.39. The third-order valence-corrected chi connectivity index (χ3v) is 2.25. The van der Waals surface area contributed by atoms with Gasteiger partial charge in [-0.05, 0) is 13.8 Å². The Hall–Kier alpha value is -1.85. The van der Waals surface area contributed by atoms with Crippen LogP contribution in [0.3, 0.4) is 0 Å². The third kappa shape index (κ3) is 3.58. The van der Waals surface area contributed by atoms with Crippen molar-refractivity contribution in [1.29, 1.82) is 0 Å². The number of Topliss-reactive ketones (excluding diaryl/α,β-unsaturated/α-hetero) is 1. The maximum atomic E-state index is 12.1. The van der Waals surface area contributed by atoms with Crippen LogP contribution in [-0.4, -0.2) is 18.5 Å². The van der Waals surface area contributed by atoms with E-state index in [1.165, 1.54) is 0 Å². The van der Waals surface area contributed by atoms with Crippen molar-refractivity contribution in [2.24, 2.45) is 0 Å². The first-order valence-corrected chi connectivity index (χ1v) is 5.53. The zero-order valence-corrected chi connectivity index (χ0v) is 10.2. The molecule has 1 rings (SSSR count). The molecule has 1 aromatic carbocycles. The molecule has 0 N–H and O–H groups in total. The minimum atomic E-state index is -0.516. The Balaban J connectivity index is 2.87. The van der Waals surface area contributed by atoms with Gasteiger partial charge in [0, 0.05) is 17.7 Å². The lowest BCUT2D eigenvalue weighted by Gasteiger charge is -2.13. The number of benzene rings is 1. The van der Waals surface area contributed by atoms with Crippen molar-refractivity contribution in [3.05, 3.63) is 48.0 Å². The van der Waals surface area contributed by atoms with Gasteiger partial charge in [0.15, 0.2) is 5.78 Å². The summed E-state index contributed by atoms with van der Waals surface area (Å²) in [5.74, 6) is 5.47. The summed E-state index contributed by atoms with van der Waals surface area (Å²) in [4.78, 5) is 12.1. The second kappa shape index (κ2) is 6.67. The van der Waals surface area contributed by atoms with Gasteiger partial charge in [0.1, 0.15) is 6.10 Å². The van der Waals surface area contributed by atoms with Gasteiger partial charge in [-0.3, -0.25) is 4.79 Å². The molecule has 0 saturated heterocycles. The summed E-state index contributed by atoms with van der Waals surface area (Å²) >= 11 is 0. The smallest absolute Gasteiger partial charge is 0.192 e. The molecule has 0 fully saturated rings. The van der Waals surface area contributed by atoms with Crippen molar-refractivity contribution >= 4 is 5.78 Å². The molecule has 2 heteroatoms. The predicted molar refractivity (Wildman–Crippen MR) is 68.8 cm³/mol. The number of ketones is 1. The minimum absolute atomic E-state index is 0.119. The SMILES string of the molecule is C=C(C(=O)c1ccccc1)C(C#CC)OCC. The fraction of sp³-hybridized carbons (Fsp3) is 0.267. The van der Waals surface area contributed by atoms with Gasteiger partial charge in [0.05, 0.1) is 0 Å². The first-order chi connectivity index (χ1) is 8.20. The summed E-state index contributed by atoms with van der Waals surface area (Å²) in [7, 11) is 0. The molecule has 0 heterocycles. The molecule has 1 unspecified atom stereocenters. The molecule has 1 atom stereocenters. The summed E-state index contributed by atoms with van der Waals surface area (Å²) in [6.45, 7) is 7.87. The van der Waals surface area contributed by atoms with Crippen molar-refractivity contribution in [1.82, 2.24) is 0 Å². The van der Waals surface area contributed by atoms with E-state index in [1.807, 2.05) is 25.1 Å². The predicted octanol–water partition coefficient (Wildman–Crippen LogP) is 2.85. The van der Waals surface area contributed by atoms with E-state index in [0.29, 0.717) is 17.7 Å². The second-order valence-corrected chi connectivity index (χ2v) is 3.45. The van der Waals surface area contributed by atoms with Crippen LogP contribution in [0, 0.1) is 11.8 Å². The number of carbonyl (C=O) groups is 1. The first-order valence-electron chi connectivity index (χ1n) is 5.53. The molecule has 0 spiro atoms. The molecule has 0 bridgehead atoms. The van der Waals surface area contributed by atoms with E-state index in [2.05, 4.69) is 18.4 Å². The molecule has 0 aliphatic rings. The largest absolute Gasteiger partial charge is 0.361 e.